The Kier molecular flexibility index (Phi) is 3.31. The van der Waals surface area contributed by atoms with Gasteiger partial charge in [0.25, 0.3) is 0 Å². The van der Waals surface area contributed by atoms with Gasteiger partial charge in [0.2, 0.25) is 0 Å². The first-order valence-electron chi connectivity index (χ1n) is 6.30. The molecule has 1 N–H and O–H groups in total. The predicted octanol–water partition coefficient (Wildman–Crippen LogP) is 3.75. The first-order chi connectivity index (χ1) is 10.1. The zero-order chi connectivity index (χ0) is 15.0. The van der Waals surface area contributed by atoms with Gasteiger partial charge in [0.1, 0.15) is 0 Å². The Balaban J connectivity index is 2.22. The highest BCUT2D eigenvalue weighted by Gasteiger charge is 2.25. The average molecular weight is 300 g/mol. The third kappa shape index (κ3) is 2.34. The molecule has 0 fully saturated rings. The minimum Gasteiger partial charge on any atom is -0.478 e. The van der Waals surface area contributed by atoms with Gasteiger partial charge < -0.3 is 5.11 Å². The van der Waals surface area contributed by atoms with Gasteiger partial charge in [-0.05, 0) is 18.2 Å². The number of hydrogen-bond donors (Lipinski definition) is 1. The van der Waals surface area contributed by atoms with E-state index >= 15 is 0 Å². The standard InChI is InChI=1S/C16H10ClNO3/c17-12-7-2-1-4-9(12)13-8-14(19)10-5-3-6-11(16(20)21)15(10)18-13/h1-7H,8H2,(H,20,21). The second-order valence-electron chi connectivity index (χ2n) is 4.65. The number of hydrogen-bond acceptors (Lipinski definition) is 3. The lowest BCUT2D eigenvalue weighted by atomic mass is 9.94. The number of carbonyl (C=O) groups is 2. The van der Waals surface area contributed by atoms with Crippen molar-refractivity contribution >= 4 is 34.8 Å². The number of aromatic carboxylic acids is 1. The molecule has 0 saturated carbocycles. The van der Waals surface area contributed by atoms with Crippen LogP contribution in [-0.2, 0) is 0 Å². The summed E-state index contributed by atoms with van der Waals surface area (Å²) in [6.07, 6.45) is 0.111. The molecule has 0 spiro atoms. The molecule has 0 aromatic heterocycles. The third-order valence-electron chi connectivity index (χ3n) is 3.33. The molecule has 4 nitrogen and oxygen atoms in total. The van der Waals surface area contributed by atoms with Gasteiger partial charge in [0.05, 0.1) is 23.4 Å². The zero-order valence-corrected chi connectivity index (χ0v) is 11.6. The number of halogens is 1. The lowest BCUT2D eigenvalue weighted by Crippen LogP contribution is -2.16. The molecular formula is C16H10ClNO3. The summed E-state index contributed by atoms with van der Waals surface area (Å²) in [4.78, 5) is 27.9. The lowest BCUT2D eigenvalue weighted by molar-refractivity contribution is 0.0698. The fourth-order valence-corrected chi connectivity index (χ4v) is 2.58. The maximum atomic E-state index is 12.2. The second kappa shape index (κ2) is 5.14. The molecule has 1 aliphatic heterocycles. The van der Waals surface area contributed by atoms with Crippen LogP contribution in [0.5, 0.6) is 0 Å². The molecule has 3 rings (SSSR count). The van der Waals surface area contributed by atoms with E-state index in [1.165, 1.54) is 6.07 Å². The number of carboxylic acids is 1. The van der Waals surface area contributed by atoms with E-state index in [2.05, 4.69) is 4.99 Å². The maximum Gasteiger partial charge on any atom is 0.337 e. The molecule has 1 heterocycles. The summed E-state index contributed by atoms with van der Waals surface area (Å²) in [5.41, 5.74) is 1.71. The number of ketones is 1. The van der Waals surface area contributed by atoms with Gasteiger partial charge >= 0.3 is 5.97 Å². The number of fused-ring (bicyclic) bond motifs is 1. The second-order valence-corrected chi connectivity index (χ2v) is 5.05. The van der Waals surface area contributed by atoms with E-state index in [1.807, 2.05) is 0 Å². The molecule has 0 unspecified atom stereocenters. The first kappa shape index (κ1) is 13.5. The van der Waals surface area contributed by atoms with Gasteiger partial charge in [-0.25, -0.2) is 4.79 Å². The molecule has 21 heavy (non-hydrogen) atoms. The van der Waals surface area contributed by atoms with E-state index in [-0.39, 0.29) is 23.5 Å². The van der Waals surface area contributed by atoms with Crippen LogP contribution in [0.15, 0.2) is 47.5 Å². The van der Waals surface area contributed by atoms with Crippen molar-refractivity contribution in [3.8, 4) is 0 Å². The summed E-state index contributed by atoms with van der Waals surface area (Å²) < 4.78 is 0. The van der Waals surface area contributed by atoms with Gasteiger partial charge in [-0.2, -0.15) is 0 Å². The number of carboxylic acid groups (broad SMARTS) is 1. The van der Waals surface area contributed by atoms with Crippen LogP contribution in [0.2, 0.25) is 5.02 Å². The molecule has 5 heteroatoms. The fourth-order valence-electron chi connectivity index (χ4n) is 2.33. The Morgan fingerprint density at radius 1 is 1.10 bits per heavy atom. The summed E-state index contributed by atoms with van der Waals surface area (Å²) in [7, 11) is 0. The Morgan fingerprint density at radius 3 is 2.52 bits per heavy atom. The summed E-state index contributed by atoms with van der Waals surface area (Å²) >= 11 is 6.13. The molecule has 0 aliphatic carbocycles. The highest BCUT2D eigenvalue weighted by atomic mass is 35.5. The van der Waals surface area contributed by atoms with Gasteiger partial charge in [-0.1, -0.05) is 35.9 Å². The number of carbonyl (C=O) groups excluding carboxylic acids is 1. The smallest absolute Gasteiger partial charge is 0.337 e. The Hall–Kier alpha value is -2.46. The van der Waals surface area contributed by atoms with Crippen molar-refractivity contribution in [2.24, 2.45) is 4.99 Å². The molecule has 0 saturated heterocycles. The molecule has 0 radical (unpaired) electrons. The van der Waals surface area contributed by atoms with Crippen LogP contribution in [0, 0.1) is 0 Å². The summed E-state index contributed by atoms with van der Waals surface area (Å²) in [6, 6.07) is 11.6. The number of rotatable bonds is 2. The van der Waals surface area contributed by atoms with E-state index in [1.54, 1.807) is 36.4 Å². The maximum absolute atomic E-state index is 12.2. The van der Waals surface area contributed by atoms with E-state index in [9.17, 15) is 14.7 Å². The van der Waals surface area contributed by atoms with Crippen molar-refractivity contribution in [3.05, 3.63) is 64.2 Å². The van der Waals surface area contributed by atoms with Crippen LogP contribution in [-0.4, -0.2) is 22.6 Å². The van der Waals surface area contributed by atoms with E-state index in [0.29, 0.717) is 21.9 Å². The largest absolute Gasteiger partial charge is 0.478 e. The van der Waals surface area contributed by atoms with E-state index in [4.69, 9.17) is 11.6 Å². The van der Waals surface area contributed by atoms with Crippen LogP contribution in [0.4, 0.5) is 5.69 Å². The van der Waals surface area contributed by atoms with Crippen LogP contribution in [0.3, 0.4) is 0 Å². The highest BCUT2D eigenvalue weighted by molar-refractivity contribution is 6.35. The minimum absolute atomic E-state index is 0.0186. The number of para-hydroxylation sites is 1. The minimum atomic E-state index is -1.11. The van der Waals surface area contributed by atoms with Gasteiger partial charge in [0.15, 0.2) is 5.78 Å². The van der Waals surface area contributed by atoms with E-state index < -0.39 is 5.97 Å². The lowest BCUT2D eigenvalue weighted by Gasteiger charge is -2.17. The summed E-state index contributed by atoms with van der Waals surface area (Å²) in [5, 5.41) is 9.72. The first-order valence-corrected chi connectivity index (χ1v) is 6.67. The molecule has 104 valence electrons. The van der Waals surface area contributed by atoms with Gasteiger partial charge in [-0.3, -0.25) is 9.79 Å². The number of Topliss-reactive ketones (excluding diaryl/α,β-unsaturated/α-hetero) is 1. The molecule has 2 aromatic carbocycles. The predicted molar refractivity (Wildman–Crippen MR) is 80.0 cm³/mol. The third-order valence-corrected chi connectivity index (χ3v) is 3.66. The topological polar surface area (TPSA) is 66.7 Å². The van der Waals surface area contributed by atoms with Crippen LogP contribution in [0.25, 0.3) is 0 Å². The molecular weight excluding hydrogens is 290 g/mol. The van der Waals surface area contributed by atoms with Crippen molar-refractivity contribution in [1.29, 1.82) is 0 Å². The Bertz CT molecular complexity index is 796. The quantitative estimate of drug-likeness (QED) is 0.918. The zero-order valence-electron chi connectivity index (χ0n) is 10.8. The van der Waals surface area contributed by atoms with Gasteiger partial charge in [-0.15, -0.1) is 0 Å². The van der Waals surface area contributed by atoms with Crippen molar-refractivity contribution < 1.29 is 14.7 Å². The monoisotopic (exact) mass is 299 g/mol. The number of nitrogens with zero attached hydrogens (tertiary/aromatic N) is 1. The van der Waals surface area contributed by atoms with Crippen LogP contribution < -0.4 is 0 Å². The van der Waals surface area contributed by atoms with Crippen molar-refractivity contribution in [2.75, 3.05) is 0 Å². The molecule has 0 atom stereocenters. The van der Waals surface area contributed by atoms with Crippen LogP contribution >= 0.6 is 11.6 Å². The average Bonchev–Trinajstić information content (AvgIpc) is 2.47. The number of aliphatic imine (C=N–C) groups is 1. The molecule has 0 bridgehead atoms. The Morgan fingerprint density at radius 2 is 1.81 bits per heavy atom. The molecule has 2 aromatic rings. The van der Waals surface area contributed by atoms with Gasteiger partial charge in [0, 0.05) is 16.1 Å². The SMILES string of the molecule is O=C(O)c1cccc2c1N=C(c1ccccc1Cl)CC2=O. The summed E-state index contributed by atoms with van der Waals surface area (Å²) in [5.74, 6) is -1.26. The molecule has 1 aliphatic rings. The van der Waals surface area contributed by atoms with Crippen molar-refractivity contribution in [3.63, 3.8) is 0 Å². The van der Waals surface area contributed by atoms with Crippen molar-refractivity contribution in [2.45, 2.75) is 6.42 Å². The Labute approximate surface area is 125 Å². The molecule has 0 amide bonds. The van der Waals surface area contributed by atoms with Crippen molar-refractivity contribution in [1.82, 2.24) is 0 Å². The summed E-state index contributed by atoms with van der Waals surface area (Å²) in [6.45, 7) is 0. The fraction of sp³-hybridized carbons (Fsp3) is 0.0625. The van der Waals surface area contributed by atoms with E-state index in [0.717, 1.165) is 0 Å². The highest BCUT2D eigenvalue weighted by Crippen LogP contribution is 2.32. The normalized spacial score (nSPS) is 13.6. The number of benzene rings is 2. The van der Waals surface area contributed by atoms with Crippen LogP contribution in [0.1, 0.15) is 32.7 Å².